The molecule has 1 aliphatic carbocycles. The summed E-state index contributed by atoms with van der Waals surface area (Å²) in [6.45, 7) is 0. The number of amides is 1. The fraction of sp³-hybridized carbons (Fsp3) is 0.364. The van der Waals surface area contributed by atoms with Crippen molar-refractivity contribution in [3.05, 3.63) is 24.5 Å². The molecule has 1 amide bonds. The Balaban J connectivity index is 2.07. The normalized spacial score (nSPS) is 23.3. The zero-order chi connectivity index (χ0) is 12.3. The molecule has 6 heteroatoms. The summed E-state index contributed by atoms with van der Waals surface area (Å²) in [6.07, 6.45) is 7.54. The molecule has 1 aromatic heterocycles. The van der Waals surface area contributed by atoms with E-state index >= 15 is 0 Å². The van der Waals surface area contributed by atoms with Crippen LogP contribution >= 0.6 is 0 Å². The molecule has 0 spiro atoms. The van der Waals surface area contributed by atoms with Crippen LogP contribution in [0.4, 0.5) is 5.69 Å². The lowest BCUT2D eigenvalue weighted by Gasteiger charge is -2.23. The maximum atomic E-state index is 11.9. The maximum Gasteiger partial charge on any atom is 0.307 e. The van der Waals surface area contributed by atoms with E-state index in [0.29, 0.717) is 18.5 Å². The van der Waals surface area contributed by atoms with Crippen LogP contribution in [-0.4, -0.2) is 27.2 Å². The third-order valence-corrected chi connectivity index (χ3v) is 2.85. The number of nitrogens with one attached hydrogen (secondary N) is 2. The average Bonchev–Trinajstić information content (AvgIpc) is 2.81. The van der Waals surface area contributed by atoms with Crippen molar-refractivity contribution >= 4 is 17.6 Å². The standard InChI is InChI=1S/C11H13N3O3/c15-10(14-7-5-12-13-6-7)8-3-1-2-4-9(8)11(16)17/h1-2,5-6,8-9H,3-4H2,(H,12,13)(H,14,15)(H,16,17)/t8-,9+/m1/s1. The van der Waals surface area contributed by atoms with Crippen molar-refractivity contribution in [1.29, 1.82) is 0 Å². The van der Waals surface area contributed by atoms with E-state index in [1.165, 1.54) is 6.20 Å². The summed E-state index contributed by atoms with van der Waals surface area (Å²) in [6, 6.07) is 0. The van der Waals surface area contributed by atoms with Crippen LogP contribution in [0.5, 0.6) is 0 Å². The molecule has 0 aliphatic heterocycles. The molecule has 0 saturated heterocycles. The van der Waals surface area contributed by atoms with Gasteiger partial charge in [-0.25, -0.2) is 0 Å². The number of hydrogen-bond donors (Lipinski definition) is 3. The van der Waals surface area contributed by atoms with Crippen molar-refractivity contribution in [3.8, 4) is 0 Å². The van der Waals surface area contributed by atoms with E-state index in [2.05, 4.69) is 15.5 Å². The number of aromatic amines is 1. The van der Waals surface area contributed by atoms with Crippen LogP contribution < -0.4 is 5.32 Å². The number of allylic oxidation sites excluding steroid dienone is 2. The summed E-state index contributed by atoms with van der Waals surface area (Å²) in [5.41, 5.74) is 0.550. The van der Waals surface area contributed by atoms with Crippen molar-refractivity contribution in [2.45, 2.75) is 12.8 Å². The van der Waals surface area contributed by atoms with E-state index in [9.17, 15) is 9.59 Å². The molecule has 0 aromatic carbocycles. The van der Waals surface area contributed by atoms with Crippen LogP contribution in [-0.2, 0) is 9.59 Å². The Morgan fingerprint density at radius 1 is 1.35 bits per heavy atom. The highest BCUT2D eigenvalue weighted by Gasteiger charge is 2.33. The maximum absolute atomic E-state index is 11.9. The Morgan fingerprint density at radius 2 is 2.06 bits per heavy atom. The largest absolute Gasteiger partial charge is 0.481 e. The van der Waals surface area contributed by atoms with Gasteiger partial charge in [0.15, 0.2) is 0 Å². The molecule has 90 valence electrons. The summed E-state index contributed by atoms with van der Waals surface area (Å²) < 4.78 is 0. The van der Waals surface area contributed by atoms with Gasteiger partial charge in [-0.2, -0.15) is 5.10 Å². The van der Waals surface area contributed by atoms with E-state index in [0.717, 1.165) is 0 Å². The minimum absolute atomic E-state index is 0.275. The number of carbonyl (C=O) groups is 2. The smallest absolute Gasteiger partial charge is 0.307 e. The van der Waals surface area contributed by atoms with Crippen molar-refractivity contribution in [2.75, 3.05) is 5.32 Å². The lowest BCUT2D eigenvalue weighted by atomic mass is 9.82. The second-order valence-corrected chi connectivity index (χ2v) is 3.97. The highest BCUT2D eigenvalue weighted by Crippen LogP contribution is 2.27. The second kappa shape index (κ2) is 4.82. The van der Waals surface area contributed by atoms with Gasteiger partial charge in [-0.15, -0.1) is 0 Å². The zero-order valence-corrected chi connectivity index (χ0v) is 9.09. The fourth-order valence-electron chi connectivity index (χ4n) is 1.93. The van der Waals surface area contributed by atoms with Crippen molar-refractivity contribution in [1.82, 2.24) is 10.2 Å². The minimum Gasteiger partial charge on any atom is -0.481 e. The van der Waals surface area contributed by atoms with E-state index in [1.807, 2.05) is 6.08 Å². The predicted molar refractivity (Wildman–Crippen MR) is 60.2 cm³/mol. The van der Waals surface area contributed by atoms with Gasteiger partial charge >= 0.3 is 5.97 Å². The van der Waals surface area contributed by atoms with Crippen LogP contribution in [0.3, 0.4) is 0 Å². The molecule has 3 N–H and O–H groups in total. The number of nitrogens with zero attached hydrogens (tertiary/aromatic N) is 1. The third kappa shape index (κ3) is 2.52. The molecular weight excluding hydrogens is 222 g/mol. The van der Waals surface area contributed by atoms with E-state index < -0.39 is 17.8 Å². The van der Waals surface area contributed by atoms with Gasteiger partial charge in [0.2, 0.25) is 5.91 Å². The van der Waals surface area contributed by atoms with Gasteiger partial charge in [0.25, 0.3) is 0 Å². The predicted octanol–water partition coefficient (Wildman–Crippen LogP) is 1.02. The number of carbonyl (C=O) groups excluding carboxylic acids is 1. The van der Waals surface area contributed by atoms with Gasteiger partial charge in [-0.1, -0.05) is 12.2 Å². The molecule has 6 nitrogen and oxygen atoms in total. The summed E-state index contributed by atoms with van der Waals surface area (Å²) in [4.78, 5) is 23.0. The number of rotatable bonds is 3. The van der Waals surface area contributed by atoms with Crippen LogP contribution in [0, 0.1) is 11.8 Å². The number of carboxylic acids is 1. The molecule has 0 radical (unpaired) electrons. The first kappa shape index (κ1) is 11.4. The van der Waals surface area contributed by atoms with Crippen LogP contribution in [0.1, 0.15) is 12.8 Å². The molecule has 17 heavy (non-hydrogen) atoms. The topological polar surface area (TPSA) is 95.1 Å². The van der Waals surface area contributed by atoms with Crippen molar-refractivity contribution < 1.29 is 14.7 Å². The molecule has 1 heterocycles. The third-order valence-electron chi connectivity index (χ3n) is 2.85. The summed E-state index contributed by atoms with van der Waals surface area (Å²) in [7, 11) is 0. The minimum atomic E-state index is -0.929. The van der Waals surface area contributed by atoms with Gasteiger partial charge < -0.3 is 10.4 Å². The molecule has 2 rings (SSSR count). The summed E-state index contributed by atoms with van der Waals surface area (Å²) in [5, 5.41) is 18.0. The molecule has 0 fully saturated rings. The first-order chi connectivity index (χ1) is 8.18. The summed E-state index contributed by atoms with van der Waals surface area (Å²) >= 11 is 0. The van der Waals surface area contributed by atoms with Gasteiger partial charge in [-0.3, -0.25) is 14.7 Å². The van der Waals surface area contributed by atoms with Crippen LogP contribution in [0.15, 0.2) is 24.5 Å². The number of anilines is 1. The highest BCUT2D eigenvalue weighted by molar-refractivity contribution is 5.95. The number of hydrogen-bond acceptors (Lipinski definition) is 3. The Bertz CT molecular complexity index is 439. The van der Waals surface area contributed by atoms with E-state index in [4.69, 9.17) is 5.11 Å². The fourth-order valence-corrected chi connectivity index (χ4v) is 1.93. The zero-order valence-electron chi connectivity index (χ0n) is 9.09. The Morgan fingerprint density at radius 3 is 2.65 bits per heavy atom. The van der Waals surface area contributed by atoms with E-state index in [-0.39, 0.29) is 5.91 Å². The number of aromatic nitrogens is 2. The average molecular weight is 235 g/mol. The molecular formula is C11H13N3O3. The lowest BCUT2D eigenvalue weighted by molar-refractivity contribution is -0.146. The van der Waals surface area contributed by atoms with Gasteiger partial charge in [-0.05, 0) is 12.8 Å². The Hall–Kier alpha value is -2.11. The monoisotopic (exact) mass is 235 g/mol. The first-order valence-electron chi connectivity index (χ1n) is 5.36. The van der Waals surface area contributed by atoms with Gasteiger partial charge in [0.05, 0.1) is 23.7 Å². The van der Waals surface area contributed by atoms with Gasteiger partial charge in [0, 0.05) is 6.20 Å². The summed E-state index contributed by atoms with van der Waals surface area (Å²) in [5.74, 6) is -2.37. The molecule has 0 unspecified atom stereocenters. The Kier molecular flexibility index (Phi) is 3.22. The van der Waals surface area contributed by atoms with Crippen LogP contribution in [0.2, 0.25) is 0 Å². The Labute approximate surface area is 97.7 Å². The number of aliphatic carboxylic acids is 1. The molecule has 2 atom stereocenters. The number of H-pyrrole nitrogens is 1. The lowest BCUT2D eigenvalue weighted by Crippen LogP contribution is -2.34. The van der Waals surface area contributed by atoms with Crippen LogP contribution in [0.25, 0.3) is 0 Å². The second-order valence-electron chi connectivity index (χ2n) is 3.97. The molecule has 1 aromatic rings. The quantitative estimate of drug-likeness (QED) is 0.681. The number of carboxylic acid groups (broad SMARTS) is 1. The molecule has 0 saturated carbocycles. The SMILES string of the molecule is O=C(O)[C@H]1CC=CC[C@H]1C(=O)Nc1cn[nH]c1. The van der Waals surface area contributed by atoms with Crippen molar-refractivity contribution in [3.63, 3.8) is 0 Å². The molecule has 1 aliphatic rings. The van der Waals surface area contributed by atoms with Gasteiger partial charge in [0.1, 0.15) is 0 Å². The van der Waals surface area contributed by atoms with E-state index in [1.54, 1.807) is 12.3 Å². The first-order valence-corrected chi connectivity index (χ1v) is 5.36. The van der Waals surface area contributed by atoms with Crippen molar-refractivity contribution in [2.24, 2.45) is 11.8 Å². The molecule has 0 bridgehead atoms. The highest BCUT2D eigenvalue weighted by atomic mass is 16.4.